The number of amides is 3. The van der Waals surface area contributed by atoms with Crippen LogP contribution in [0.4, 0.5) is 9.59 Å². The van der Waals surface area contributed by atoms with Gasteiger partial charge in [-0.3, -0.25) is 4.79 Å². The summed E-state index contributed by atoms with van der Waals surface area (Å²) in [5.41, 5.74) is -2.23. The van der Waals surface area contributed by atoms with Crippen molar-refractivity contribution in [3.63, 3.8) is 0 Å². The SMILES string of the molecule is C[C@H](NC(=O)[C@H](CNC(=O)OC(C)(C)C)NC(=O)OC(C)(C)C)C(=O)OC(C)(C)C. The Morgan fingerprint density at radius 3 is 1.57 bits per heavy atom. The van der Waals surface area contributed by atoms with Crippen molar-refractivity contribution in [3.05, 3.63) is 0 Å². The van der Waals surface area contributed by atoms with Crippen molar-refractivity contribution < 1.29 is 33.4 Å². The standard InChI is InChI=1S/C20H37N3O7/c1-12(15(25)28-18(2,3)4)22-14(24)13(23-17(27)30-20(8,9)10)11-21-16(26)29-19(5,6)7/h12-13H,11H2,1-10H3,(H,21,26)(H,22,24)(H,23,27)/t12-,13-/m0/s1. The van der Waals surface area contributed by atoms with Gasteiger partial charge < -0.3 is 30.2 Å². The molecule has 0 heterocycles. The van der Waals surface area contributed by atoms with E-state index < -0.39 is 52.9 Å². The van der Waals surface area contributed by atoms with Crippen molar-refractivity contribution in [2.45, 2.75) is 98.1 Å². The highest BCUT2D eigenvalue weighted by Gasteiger charge is 2.29. The Bertz CT molecular complexity index is 628. The first kappa shape index (κ1) is 27.5. The Hall–Kier alpha value is -2.52. The lowest BCUT2D eigenvalue weighted by Gasteiger charge is -2.26. The third kappa shape index (κ3) is 13.6. The quantitative estimate of drug-likeness (QED) is 0.434. The maximum Gasteiger partial charge on any atom is 0.408 e. The van der Waals surface area contributed by atoms with Crippen molar-refractivity contribution in [1.82, 2.24) is 16.0 Å². The number of carbonyl (C=O) groups excluding carboxylic acids is 4. The predicted octanol–water partition coefficient (Wildman–Crippen LogP) is 2.25. The fourth-order valence-corrected chi connectivity index (χ4v) is 1.92. The molecule has 10 nitrogen and oxygen atoms in total. The molecule has 0 aromatic carbocycles. The van der Waals surface area contributed by atoms with Gasteiger partial charge in [-0.2, -0.15) is 0 Å². The topological polar surface area (TPSA) is 132 Å². The van der Waals surface area contributed by atoms with Crippen LogP contribution in [0.5, 0.6) is 0 Å². The Labute approximate surface area is 178 Å². The van der Waals surface area contributed by atoms with Gasteiger partial charge in [0, 0.05) is 0 Å². The van der Waals surface area contributed by atoms with Crippen LogP contribution in [-0.4, -0.2) is 59.5 Å². The summed E-state index contributed by atoms with van der Waals surface area (Å²) in [6, 6.07) is -2.18. The summed E-state index contributed by atoms with van der Waals surface area (Å²) in [4.78, 5) is 48.8. The third-order valence-electron chi connectivity index (χ3n) is 2.98. The highest BCUT2D eigenvalue weighted by atomic mass is 16.6. The average Bonchev–Trinajstić information content (AvgIpc) is 2.45. The highest BCUT2D eigenvalue weighted by Crippen LogP contribution is 2.09. The molecular weight excluding hydrogens is 394 g/mol. The number of rotatable bonds is 6. The minimum absolute atomic E-state index is 0.277. The molecule has 0 bridgehead atoms. The highest BCUT2D eigenvalue weighted by molar-refractivity contribution is 5.90. The molecule has 3 N–H and O–H groups in total. The lowest BCUT2D eigenvalue weighted by atomic mass is 10.2. The summed E-state index contributed by atoms with van der Waals surface area (Å²) < 4.78 is 15.5. The van der Waals surface area contributed by atoms with Crippen molar-refractivity contribution in [3.8, 4) is 0 Å². The maximum absolute atomic E-state index is 12.6. The van der Waals surface area contributed by atoms with Crippen LogP contribution in [0.15, 0.2) is 0 Å². The summed E-state index contributed by atoms with van der Waals surface area (Å²) in [6.45, 7) is 16.4. The largest absolute Gasteiger partial charge is 0.458 e. The van der Waals surface area contributed by atoms with Gasteiger partial charge in [0.05, 0.1) is 6.54 Å². The number of esters is 1. The molecule has 174 valence electrons. The molecule has 0 unspecified atom stereocenters. The van der Waals surface area contributed by atoms with E-state index in [1.165, 1.54) is 6.92 Å². The molecule has 10 heteroatoms. The molecule has 0 fully saturated rings. The molecule has 0 spiro atoms. The van der Waals surface area contributed by atoms with Gasteiger partial charge in [0.1, 0.15) is 28.9 Å². The normalized spacial score (nSPS) is 14.1. The van der Waals surface area contributed by atoms with Crippen LogP contribution in [0, 0.1) is 0 Å². The van der Waals surface area contributed by atoms with Crippen LogP contribution in [0.25, 0.3) is 0 Å². The minimum Gasteiger partial charge on any atom is -0.458 e. The van der Waals surface area contributed by atoms with Gasteiger partial charge in [-0.1, -0.05) is 0 Å². The number of ether oxygens (including phenoxy) is 3. The fraction of sp³-hybridized carbons (Fsp3) is 0.800. The molecule has 0 saturated heterocycles. The zero-order valence-corrected chi connectivity index (χ0v) is 19.7. The van der Waals surface area contributed by atoms with Crippen molar-refractivity contribution in [2.75, 3.05) is 6.54 Å². The van der Waals surface area contributed by atoms with E-state index in [9.17, 15) is 19.2 Å². The predicted molar refractivity (Wildman–Crippen MR) is 111 cm³/mol. The number of carbonyl (C=O) groups is 4. The van der Waals surface area contributed by atoms with E-state index >= 15 is 0 Å². The Morgan fingerprint density at radius 1 is 0.700 bits per heavy atom. The lowest BCUT2D eigenvalue weighted by Crippen LogP contribution is -2.56. The van der Waals surface area contributed by atoms with Gasteiger partial charge in [-0.05, 0) is 69.2 Å². The van der Waals surface area contributed by atoms with E-state index in [-0.39, 0.29) is 6.54 Å². The molecule has 0 saturated carbocycles. The van der Waals surface area contributed by atoms with Crippen LogP contribution in [0.2, 0.25) is 0 Å². The summed E-state index contributed by atoms with van der Waals surface area (Å²) in [7, 11) is 0. The number of hydrogen-bond acceptors (Lipinski definition) is 7. The summed E-state index contributed by atoms with van der Waals surface area (Å²) in [5.74, 6) is -1.33. The van der Waals surface area contributed by atoms with Crippen LogP contribution >= 0.6 is 0 Å². The second kappa shape index (κ2) is 10.5. The molecule has 0 aliphatic rings. The zero-order chi connectivity index (χ0) is 23.9. The summed E-state index contributed by atoms with van der Waals surface area (Å²) in [6.07, 6.45) is -1.61. The van der Waals surface area contributed by atoms with Gasteiger partial charge in [-0.15, -0.1) is 0 Å². The van der Waals surface area contributed by atoms with E-state index in [1.54, 1.807) is 62.3 Å². The summed E-state index contributed by atoms with van der Waals surface area (Å²) >= 11 is 0. The molecule has 0 aliphatic heterocycles. The first-order valence-corrected chi connectivity index (χ1v) is 9.79. The van der Waals surface area contributed by atoms with Gasteiger partial charge in [0.15, 0.2) is 0 Å². The monoisotopic (exact) mass is 431 g/mol. The second-order valence-electron chi connectivity index (χ2n) is 9.85. The van der Waals surface area contributed by atoms with Crippen LogP contribution in [-0.2, 0) is 23.8 Å². The molecule has 0 aromatic heterocycles. The van der Waals surface area contributed by atoms with E-state index in [0.29, 0.717) is 0 Å². The summed E-state index contributed by atoms with van der Waals surface area (Å²) in [5, 5.41) is 7.28. The van der Waals surface area contributed by atoms with Gasteiger partial charge >= 0.3 is 18.2 Å². The smallest absolute Gasteiger partial charge is 0.408 e. The van der Waals surface area contributed by atoms with E-state index in [2.05, 4.69) is 16.0 Å². The molecule has 30 heavy (non-hydrogen) atoms. The Kier molecular flexibility index (Phi) is 9.61. The van der Waals surface area contributed by atoms with Crippen LogP contribution in [0.1, 0.15) is 69.2 Å². The average molecular weight is 432 g/mol. The first-order valence-electron chi connectivity index (χ1n) is 9.79. The molecule has 0 aromatic rings. The van der Waals surface area contributed by atoms with E-state index in [1.807, 2.05) is 0 Å². The van der Waals surface area contributed by atoms with Crippen LogP contribution < -0.4 is 16.0 Å². The van der Waals surface area contributed by atoms with Crippen molar-refractivity contribution >= 4 is 24.1 Å². The lowest BCUT2D eigenvalue weighted by molar-refractivity contribution is -0.158. The third-order valence-corrected chi connectivity index (χ3v) is 2.98. The number of nitrogens with one attached hydrogen (secondary N) is 3. The Balaban J connectivity index is 5.16. The van der Waals surface area contributed by atoms with Crippen molar-refractivity contribution in [2.24, 2.45) is 0 Å². The minimum atomic E-state index is -1.21. The first-order chi connectivity index (χ1) is 13.3. The maximum atomic E-state index is 12.6. The van der Waals surface area contributed by atoms with Gasteiger partial charge in [-0.25, -0.2) is 14.4 Å². The molecule has 0 radical (unpaired) electrons. The number of hydrogen-bond donors (Lipinski definition) is 3. The molecule has 3 amide bonds. The molecule has 0 rings (SSSR count). The van der Waals surface area contributed by atoms with Gasteiger partial charge in [0.25, 0.3) is 0 Å². The fourth-order valence-electron chi connectivity index (χ4n) is 1.92. The molecule has 2 atom stereocenters. The molecule has 0 aliphatic carbocycles. The second-order valence-corrected chi connectivity index (χ2v) is 9.85. The Morgan fingerprint density at radius 2 is 1.13 bits per heavy atom. The van der Waals surface area contributed by atoms with E-state index in [4.69, 9.17) is 14.2 Å². The number of alkyl carbamates (subject to hydrolysis) is 2. The molecular formula is C20H37N3O7. The van der Waals surface area contributed by atoms with E-state index in [0.717, 1.165) is 0 Å². The van der Waals surface area contributed by atoms with Crippen LogP contribution in [0.3, 0.4) is 0 Å². The van der Waals surface area contributed by atoms with Gasteiger partial charge in [0.2, 0.25) is 5.91 Å². The zero-order valence-electron chi connectivity index (χ0n) is 19.7. The van der Waals surface area contributed by atoms with Crippen molar-refractivity contribution in [1.29, 1.82) is 0 Å².